The quantitative estimate of drug-likeness (QED) is 0.796. The zero-order valence-electron chi connectivity index (χ0n) is 14.1. The predicted octanol–water partition coefficient (Wildman–Crippen LogP) is 3.81. The summed E-state index contributed by atoms with van der Waals surface area (Å²) in [4.78, 5) is 15.8. The second-order valence-corrected chi connectivity index (χ2v) is 7.81. The first-order valence-corrected chi connectivity index (χ1v) is 9.84. The van der Waals surface area contributed by atoms with Crippen molar-refractivity contribution in [3.8, 4) is 5.75 Å². The number of amides is 1. The summed E-state index contributed by atoms with van der Waals surface area (Å²) in [5.41, 5.74) is 0. The van der Waals surface area contributed by atoms with E-state index in [0.29, 0.717) is 16.7 Å². The molecule has 1 aromatic heterocycles. The number of carbonyl (C=O) groups is 1. The third kappa shape index (κ3) is 6.03. The van der Waals surface area contributed by atoms with Crippen LogP contribution in [0, 0.1) is 5.92 Å². The number of hydrogen-bond acceptors (Lipinski definition) is 4. The Morgan fingerprint density at radius 1 is 1.24 bits per heavy atom. The van der Waals surface area contributed by atoms with Crippen LogP contribution in [0.4, 0.5) is 0 Å². The number of benzene rings is 1. The van der Waals surface area contributed by atoms with Crippen LogP contribution in [0.1, 0.15) is 17.7 Å². The molecule has 4 nitrogen and oxygen atoms in total. The van der Waals surface area contributed by atoms with E-state index in [9.17, 15) is 4.79 Å². The fourth-order valence-electron chi connectivity index (χ4n) is 2.96. The van der Waals surface area contributed by atoms with Gasteiger partial charge in [0.05, 0.1) is 0 Å². The molecule has 0 aliphatic carbocycles. The summed E-state index contributed by atoms with van der Waals surface area (Å²) in [7, 11) is 0. The lowest BCUT2D eigenvalue weighted by molar-refractivity contribution is -0.123. The van der Waals surface area contributed by atoms with Crippen molar-refractivity contribution < 1.29 is 9.53 Å². The van der Waals surface area contributed by atoms with E-state index < -0.39 is 0 Å². The van der Waals surface area contributed by atoms with Crippen LogP contribution in [0.5, 0.6) is 5.75 Å². The minimum absolute atomic E-state index is 0.0405. The molecule has 2 heterocycles. The molecule has 1 amide bonds. The Labute approximate surface area is 157 Å². The van der Waals surface area contributed by atoms with Crippen LogP contribution in [-0.2, 0) is 11.3 Å². The number of carbonyl (C=O) groups excluding carboxylic acids is 1. The van der Waals surface area contributed by atoms with Crippen LogP contribution in [0.25, 0.3) is 0 Å². The van der Waals surface area contributed by atoms with Gasteiger partial charge in [-0.15, -0.1) is 11.3 Å². The highest BCUT2D eigenvalue weighted by Crippen LogP contribution is 2.20. The zero-order valence-corrected chi connectivity index (χ0v) is 15.7. The molecule has 1 aromatic carbocycles. The number of nitrogens with zero attached hydrogens (tertiary/aromatic N) is 1. The molecule has 0 spiro atoms. The molecule has 0 unspecified atom stereocenters. The minimum atomic E-state index is -0.0732. The summed E-state index contributed by atoms with van der Waals surface area (Å²) in [6.45, 7) is 4.01. The number of nitrogens with one attached hydrogen (secondary N) is 1. The number of piperidine rings is 1. The van der Waals surface area contributed by atoms with Gasteiger partial charge in [-0.3, -0.25) is 9.69 Å². The molecule has 25 heavy (non-hydrogen) atoms. The number of likely N-dealkylation sites (tertiary alicyclic amines) is 1. The first kappa shape index (κ1) is 18.2. The lowest BCUT2D eigenvalue weighted by Gasteiger charge is -2.31. The van der Waals surface area contributed by atoms with E-state index in [1.54, 1.807) is 24.3 Å². The Hall–Kier alpha value is -1.56. The highest BCUT2D eigenvalue weighted by Gasteiger charge is 2.20. The predicted molar refractivity (Wildman–Crippen MR) is 102 cm³/mol. The van der Waals surface area contributed by atoms with Crippen molar-refractivity contribution in [3.05, 3.63) is 51.7 Å². The fraction of sp³-hybridized carbons (Fsp3) is 0.421. The largest absolute Gasteiger partial charge is 0.484 e. The topological polar surface area (TPSA) is 41.6 Å². The Morgan fingerprint density at radius 3 is 2.68 bits per heavy atom. The summed E-state index contributed by atoms with van der Waals surface area (Å²) in [5, 5.41) is 5.77. The molecule has 0 saturated carbocycles. The van der Waals surface area contributed by atoms with Crippen LogP contribution in [0.2, 0.25) is 5.02 Å². The Morgan fingerprint density at radius 2 is 2.00 bits per heavy atom. The summed E-state index contributed by atoms with van der Waals surface area (Å²) in [6.07, 6.45) is 2.26. The van der Waals surface area contributed by atoms with Gasteiger partial charge in [0, 0.05) is 23.0 Å². The minimum Gasteiger partial charge on any atom is -0.484 e. The first-order valence-electron chi connectivity index (χ1n) is 8.59. The molecule has 6 heteroatoms. The van der Waals surface area contributed by atoms with Gasteiger partial charge in [-0.1, -0.05) is 17.7 Å². The third-order valence-corrected chi connectivity index (χ3v) is 5.55. The van der Waals surface area contributed by atoms with Gasteiger partial charge >= 0.3 is 0 Å². The van der Waals surface area contributed by atoms with Gasteiger partial charge in [0.1, 0.15) is 5.75 Å². The van der Waals surface area contributed by atoms with Crippen molar-refractivity contribution in [3.63, 3.8) is 0 Å². The van der Waals surface area contributed by atoms with E-state index in [1.165, 1.54) is 4.88 Å². The highest BCUT2D eigenvalue weighted by molar-refractivity contribution is 7.09. The second-order valence-electron chi connectivity index (χ2n) is 6.35. The Kier molecular flexibility index (Phi) is 6.73. The molecule has 1 N–H and O–H groups in total. The molecule has 1 aliphatic rings. The summed E-state index contributed by atoms with van der Waals surface area (Å²) in [6, 6.07) is 11.3. The van der Waals surface area contributed by atoms with Crippen molar-refractivity contribution in [2.75, 3.05) is 26.2 Å². The van der Waals surface area contributed by atoms with Gasteiger partial charge in [-0.05, 0) is 67.6 Å². The van der Waals surface area contributed by atoms with Crippen LogP contribution < -0.4 is 10.1 Å². The molecular weight excluding hydrogens is 356 g/mol. The highest BCUT2D eigenvalue weighted by atomic mass is 35.5. The Balaban J connectivity index is 1.31. The van der Waals surface area contributed by atoms with Crippen molar-refractivity contribution in [2.24, 2.45) is 5.92 Å². The van der Waals surface area contributed by atoms with E-state index in [0.717, 1.165) is 39.0 Å². The molecule has 134 valence electrons. The summed E-state index contributed by atoms with van der Waals surface area (Å²) < 4.78 is 5.46. The lowest BCUT2D eigenvalue weighted by Crippen LogP contribution is -2.39. The van der Waals surface area contributed by atoms with Gasteiger partial charge < -0.3 is 10.1 Å². The number of halogens is 1. The molecular formula is C19H23ClN2O2S. The van der Waals surface area contributed by atoms with Crippen molar-refractivity contribution >= 4 is 28.8 Å². The number of ether oxygens (including phenoxy) is 1. The van der Waals surface area contributed by atoms with Gasteiger partial charge in [-0.2, -0.15) is 0 Å². The van der Waals surface area contributed by atoms with Crippen LogP contribution in [0.15, 0.2) is 41.8 Å². The number of hydrogen-bond donors (Lipinski definition) is 1. The molecule has 1 saturated heterocycles. The third-order valence-electron chi connectivity index (χ3n) is 4.44. The maximum absolute atomic E-state index is 11.9. The molecule has 2 aromatic rings. The lowest BCUT2D eigenvalue weighted by atomic mass is 9.97. The van der Waals surface area contributed by atoms with E-state index in [-0.39, 0.29) is 12.5 Å². The second kappa shape index (κ2) is 9.22. The Bertz CT molecular complexity index is 653. The van der Waals surface area contributed by atoms with E-state index in [2.05, 4.69) is 27.7 Å². The smallest absolute Gasteiger partial charge is 0.257 e. The van der Waals surface area contributed by atoms with E-state index in [4.69, 9.17) is 16.3 Å². The molecule has 0 radical (unpaired) electrons. The summed E-state index contributed by atoms with van der Waals surface area (Å²) >= 11 is 7.64. The average molecular weight is 379 g/mol. The number of rotatable bonds is 7. The van der Waals surface area contributed by atoms with Gasteiger partial charge in [0.15, 0.2) is 6.61 Å². The van der Waals surface area contributed by atoms with Crippen molar-refractivity contribution in [1.29, 1.82) is 0 Å². The van der Waals surface area contributed by atoms with Gasteiger partial charge in [-0.25, -0.2) is 0 Å². The standard InChI is InChI=1S/C19H23ClN2O2S/c20-16-3-5-17(6-4-16)24-14-19(23)21-12-15-7-9-22(10-8-15)13-18-2-1-11-25-18/h1-6,11,15H,7-10,12-14H2,(H,21,23). The maximum atomic E-state index is 11.9. The fourth-order valence-corrected chi connectivity index (χ4v) is 3.83. The zero-order chi connectivity index (χ0) is 17.5. The first-order chi connectivity index (χ1) is 12.2. The van der Waals surface area contributed by atoms with Gasteiger partial charge in [0.2, 0.25) is 0 Å². The van der Waals surface area contributed by atoms with Crippen LogP contribution in [-0.4, -0.2) is 37.0 Å². The number of thiophene rings is 1. The maximum Gasteiger partial charge on any atom is 0.257 e. The molecule has 1 aliphatic heterocycles. The van der Waals surface area contributed by atoms with E-state index in [1.807, 2.05) is 11.3 Å². The van der Waals surface area contributed by atoms with Crippen LogP contribution >= 0.6 is 22.9 Å². The van der Waals surface area contributed by atoms with Crippen molar-refractivity contribution in [1.82, 2.24) is 10.2 Å². The van der Waals surface area contributed by atoms with Crippen molar-refractivity contribution in [2.45, 2.75) is 19.4 Å². The molecule has 0 atom stereocenters. The molecule has 1 fully saturated rings. The SMILES string of the molecule is O=C(COc1ccc(Cl)cc1)NCC1CCN(Cc2cccs2)CC1. The molecule has 3 rings (SSSR count). The van der Waals surface area contributed by atoms with E-state index >= 15 is 0 Å². The van der Waals surface area contributed by atoms with Gasteiger partial charge in [0.25, 0.3) is 5.91 Å². The molecule has 0 bridgehead atoms. The normalized spacial score (nSPS) is 15.9. The average Bonchev–Trinajstić information content (AvgIpc) is 3.14. The monoisotopic (exact) mass is 378 g/mol. The van der Waals surface area contributed by atoms with Crippen LogP contribution in [0.3, 0.4) is 0 Å². The summed E-state index contributed by atoms with van der Waals surface area (Å²) in [5.74, 6) is 1.14.